The van der Waals surface area contributed by atoms with Crippen LogP contribution in [0, 0.1) is 0 Å². The first kappa shape index (κ1) is 17.1. The molecule has 5 rings (SSSR count). The first-order chi connectivity index (χ1) is 14.3. The lowest BCUT2D eigenvalue weighted by Crippen LogP contribution is -2.16. The maximum atomic E-state index is 13.2. The average Bonchev–Trinajstić information content (AvgIpc) is 3.10. The number of rotatable bonds is 4. The lowest BCUT2D eigenvalue weighted by molar-refractivity contribution is 0.975. The van der Waals surface area contributed by atoms with Gasteiger partial charge in [0, 0.05) is 36.1 Å². The number of pyridine rings is 1. The summed E-state index contributed by atoms with van der Waals surface area (Å²) in [6.07, 6.45) is 5.80. The molecule has 0 unspecified atom stereocenters. The largest absolute Gasteiger partial charge is 0.350 e. The molecule has 2 aliphatic rings. The number of aromatic nitrogens is 4. The van der Waals surface area contributed by atoms with E-state index >= 15 is 0 Å². The van der Waals surface area contributed by atoms with Crippen molar-refractivity contribution in [3.05, 3.63) is 113 Å². The summed E-state index contributed by atoms with van der Waals surface area (Å²) in [4.78, 5) is 25.5. The molecule has 29 heavy (non-hydrogen) atoms. The van der Waals surface area contributed by atoms with Crippen molar-refractivity contribution in [1.82, 2.24) is 19.5 Å². The normalized spacial score (nSPS) is 11.0. The fourth-order valence-corrected chi connectivity index (χ4v) is 3.50. The fraction of sp³-hybridized carbons (Fsp3) is 0.0417. The van der Waals surface area contributed by atoms with E-state index in [1.165, 1.54) is 0 Å². The molecule has 2 aromatic carbocycles. The third-order valence-corrected chi connectivity index (χ3v) is 4.94. The molecule has 1 aromatic heterocycles. The zero-order valence-electron chi connectivity index (χ0n) is 15.6. The molecule has 0 saturated carbocycles. The molecule has 2 aliphatic heterocycles. The molecular formula is C24H18N4O. The molecule has 0 radical (unpaired) electrons. The van der Waals surface area contributed by atoms with Gasteiger partial charge in [0.1, 0.15) is 5.69 Å². The number of nitrogens with one attached hydrogen (secondary N) is 1. The number of H-pyrrole nitrogens is 1. The molecule has 0 saturated heterocycles. The van der Waals surface area contributed by atoms with Crippen LogP contribution >= 0.6 is 0 Å². The predicted molar refractivity (Wildman–Crippen MR) is 113 cm³/mol. The molecule has 0 spiro atoms. The van der Waals surface area contributed by atoms with Crippen molar-refractivity contribution in [2.45, 2.75) is 6.42 Å². The lowest BCUT2D eigenvalue weighted by Gasteiger charge is -2.13. The van der Waals surface area contributed by atoms with Crippen LogP contribution < -0.4 is 5.56 Å². The third kappa shape index (κ3) is 3.23. The summed E-state index contributed by atoms with van der Waals surface area (Å²) < 4.78 is 1.65. The summed E-state index contributed by atoms with van der Waals surface area (Å²) >= 11 is 0. The van der Waals surface area contributed by atoms with Gasteiger partial charge in [0.15, 0.2) is 5.82 Å². The summed E-state index contributed by atoms with van der Waals surface area (Å²) in [6, 6.07) is 23.7. The molecule has 1 N–H and O–H groups in total. The van der Waals surface area contributed by atoms with Gasteiger partial charge in [-0.1, -0.05) is 60.7 Å². The summed E-state index contributed by atoms with van der Waals surface area (Å²) in [5.74, 6) is 0.630. The van der Waals surface area contributed by atoms with E-state index < -0.39 is 0 Å². The molecule has 140 valence electrons. The Balaban J connectivity index is 1.73. The van der Waals surface area contributed by atoms with Gasteiger partial charge >= 0.3 is 0 Å². The Bertz CT molecular complexity index is 1280. The zero-order chi connectivity index (χ0) is 19.6. The van der Waals surface area contributed by atoms with Crippen molar-refractivity contribution < 1.29 is 0 Å². The smallest absolute Gasteiger partial charge is 0.278 e. The number of fused-ring (bicyclic) bond motifs is 1. The number of hydrogen-bond donors (Lipinski definition) is 1. The van der Waals surface area contributed by atoms with Crippen molar-refractivity contribution >= 4 is 0 Å². The molecule has 0 aliphatic carbocycles. The number of aromatic amines is 1. The van der Waals surface area contributed by atoms with Gasteiger partial charge in [0.05, 0.1) is 11.4 Å². The van der Waals surface area contributed by atoms with Gasteiger partial charge in [-0.05, 0) is 17.7 Å². The summed E-state index contributed by atoms with van der Waals surface area (Å²) in [6.45, 7) is 0. The quantitative estimate of drug-likeness (QED) is 0.507. The van der Waals surface area contributed by atoms with E-state index in [2.05, 4.69) is 9.97 Å². The minimum atomic E-state index is -0.0923. The number of nitrogens with zero attached hydrogens (tertiary/aromatic N) is 3. The van der Waals surface area contributed by atoms with E-state index in [1.807, 2.05) is 79.0 Å². The highest BCUT2D eigenvalue weighted by atomic mass is 16.1. The minimum absolute atomic E-state index is 0.0923. The topological polar surface area (TPSA) is 63.6 Å². The van der Waals surface area contributed by atoms with Gasteiger partial charge in [-0.15, -0.1) is 0 Å². The standard InChI is InChI=1S/C24H18N4O/c29-24-20(15-17-7-3-1-4-8-17)27-23-22(19-9-5-2-6-10-19)26-21(16-28(23)24)18-11-13-25-14-12-18/h1-14,16,26H,15H2. The van der Waals surface area contributed by atoms with E-state index in [4.69, 9.17) is 4.98 Å². The zero-order valence-corrected chi connectivity index (χ0v) is 15.6. The molecule has 0 atom stereocenters. The molecule has 5 heteroatoms. The van der Waals surface area contributed by atoms with E-state index in [0.717, 1.165) is 28.1 Å². The number of imidazole rings is 1. The first-order valence-electron chi connectivity index (χ1n) is 9.43. The van der Waals surface area contributed by atoms with Gasteiger partial charge in [0.2, 0.25) is 0 Å². The maximum Gasteiger partial charge on any atom is 0.278 e. The van der Waals surface area contributed by atoms with Gasteiger partial charge in [-0.25, -0.2) is 4.98 Å². The SMILES string of the molecule is O=c1c(Cc2ccccc2)nc2c(-c3ccccc3)[nH]c(-c3ccncc3)cn1-2. The number of benzene rings is 2. The summed E-state index contributed by atoms with van der Waals surface area (Å²) in [7, 11) is 0. The maximum absolute atomic E-state index is 13.2. The van der Waals surface area contributed by atoms with Crippen molar-refractivity contribution in [1.29, 1.82) is 0 Å². The highest BCUT2D eigenvalue weighted by molar-refractivity contribution is 5.71. The highest BCUT2D eigenvalue weighted by Gasteiger charge is 2.21. The fourth-order valence-electron chi connectivity index (χ4n) is 3.50. The Morgan fingerprint density at radius 1 is 0.828 bits per heavy atom. The van der Waals surface area contributed by atoms with Crippen LogP contribution in [0.2, 0.25) is 0 Å². The van der Waals surface area contributed by atoms with Crippen molar-refractivity contribution in [2.24, 2.45) is 0 Å². The molecule has 3 aromatic rings. The van der Waals surface area contributed by atoms with Crippen LogP contribution in [0.25, 0.3) is 28.3 Å². The van der Waals surface area contributed by atoms with Crippen LogP contribution in [-0.4, -0.2) is 19.5 Å². The lowest BCUT2D eigenvalue weighted by atomic mass is 10.1. The minimum Gasteiger partial charge on any atom is -0.350 e. The second-order valence-corrected chi connectivity index (χ2v) is 6.86. The van der Waals surface area contributed by atoms with E-state index in [-0.39, 0.29) is 5.56 Å². The van der Waals surface area contributed by atoms with Crippen molar-refractivity contribution in [3.8, 4) is 28.3 Å². The number of hydrogen-bond acceptors (Lipinski definition) is 3. The van der Waals surface area contributed by atoms with Gasteiger partial charge in [-0.3, -0.25) is 14.3 Å². The average molecular weight is 378 g/mol. The Hall–Kier alpha value is -3.99. The second kappa shape index (κ2) is 7.20. The molecule has 0 fully saturated rings. The molecular weight excluding hydrogens is 360 g/mol. The van der Waals surface area contributed by atoms with Gasteiger partial charge < -0.3 is 4.98 Å². The van der Waals surface area contributed by atoms with Crippen LogP contribution in [0.3, 0.4) is 0 Å². The van der Waals surface area contributed by atoms with Crippen molar-refractivity contribution in [2.75, 3.05) is 0 Å². The highest BCUT2D eigenvalue weighted by Crippen LogP contribution is 2.28. The monoisotopic (exact) mass is 378 g/mol. The Morgan fingerprint density at radius 2 is 1.52 bits per heavy atom. The molecule has 5 nitrogen and oxygen atoms in total. The van der Waals surface area contributed by atoms with Gasteiger partial charge in [-0.2, -0.15) is 0 Å². The van der Waals surface area contributed by atoms with Gasteiger partial charge in [0.25, 0.3) is 5.56 Å². The summed E-state index contributed by atoms with van der Waals surface area (Å²) in [5.41, 5.74) is 5.09. The third-order valence-electron chi connectivity index (χ3n) is 4.94. The molecule has 3 heterocycles. The Labute approximate surface area is 167 Å². The van der Waals surface area contributed by atoms with E-state index in [9.17, 15) is 4.79 Å². The van der Waals surface area contributed by atoms with Crippen LogP contribution in [0.15, 0.2) is 96.2 Å². The molecule has 0 bridgehead atoms. The van der Waals surface area contributed by atoms with Crippen LogP contribution in [0.5, 0.6) is 0 Å². The van der Waals surface area contributed by atoms with Crippen molar-refractivity contribution in [3.63, 3.8) is 0 Å². The first-order valence-corrected chi connectivity index (χ1v) is 9.43. The van der Waals surface area contributed by atoms with E-state index in [1.54, 1.807) is 17.0 Å². The molecule has 0 amide bonds. The summed E-state index contributed by atoms with van der Waals surface area (Å²) in [5, 5.41) is 0. The second-order valence-electron chi connectivity index (χ2n) is 6.86. The predicted octanol–water partition coefficient (Wildman–Crippen LogP) is 4.32. The van der Waals surface area contributed by atoms with Crippen LogP contribution in [-0.2, 0) is 6.42 Å². The Morgan fingerprint density at radius 3 is 2.24 bits per heavy atom. The van der Waals surface area contributed by atoms with E-state index in [0.29, 0.717) is 17.9 Å². The Kier molecular flexibility index (Phi) is 4.26. The van der Waals surface area contributed by atoms with Crippen LogP contribution in [0.4, 0.5) is 0 Å². The van der Waals surface area contributed by atoms with Crippen LogP contribution in [0.1, 0.15) is 11.3 Å².